The molecule has 148 valence electrons. The fraction of sp³-hybridized carbons (Fsp3) is 0.300. The summed E-state index contributed by atoms with van der Waals surface area (Å²) in [6.07, 6.45) is 1.95. The molecule has 8 heteroatoms. The highest BCUT2D eigenvalue weighted by molar-refractivity contribution is 6.04. The minimum absolute atomic E-state index is 0.00775. The molecule has 1 fully saturated rings. The minimum atomic E-state index is -0.487. The number of aliphatic hydroxyl groups is 1. The topological polar surface area (TPSA) is 99.7 Å². The molecule has 0 atom stereocenters. The molecule has 0 spiro atoms. The molecular weight excluding hydrogens is 365 g/mol. The Labute approximate surface area is 161 Å². The highest BCUT2D eigenvalue weighted by Gasteiger charge is 2.25. The summed E-state index contributed by atoms with van der Waals surface area (Å²) >= 11 is 0. The number of para-hydroxylation sites is 1. The lowest BCUT2D eigenvalue weighted by Gasteiger charge is -2.14. The smallest absolute Gasteiger partial charge is 0.253 e. The summed E-state index contributed by atoms with van der Waals surface area (Å²) < 4.78 is 18.7. The molecule has 3 rings (SSSR count). The number of anilines is 2. The zero-order chi connectivity index (χ0) is 19.9. The molecule has 1 aliphatic rings. The third-order valence-corrected chi connectivity index (χ3v) is 4.09. The number of carbonyl (C=O) groups excluding carboxylic acids is 2. The predicted molar refractivity (Wildman–Crippen MR) is 103 cm³/mol. The maximum atomic E-state index is 13.4. The van der Waals surface area contributed by atoms with Crippen molar-refractivity contribution in [2.75, 3.05) is 30.4 Å². The summed E-state index contributed by atoms with van der Waals surface area (Å²) in [6, 6.07) is 10.9. The maximum Gasteiger partial charge on any atom is 0.253 e. The van der Waals surface area contributed by atoms with Crippen molar-refractivity contribution in [1.82, 2.24) is 5.32 Å². The molecule has 0 aromatic heterocycles. The molecule has 0 unspecified atom stereocenters. The first-order valence-corrected chi connectivity index (χ1v) is 9.03. The fourth-order valence-electron chi connectivity index (χ4n) is 2.57. The SMILES string of the molecule is O=C(CNc1ccc(F)cc1OCCO)Nc1ccccc1C(=O)NC1CC1. The molecule has 1 aliphatic carbocycles. The molecule has 2 aromatic carbocycles. The van der Waals surface area contributed by atoms with Crippen molar-refractivity contribution in [1.29, 1.82) is 0 Å². The zero-order valence-electron chi connectivity index (χ0n) is 15.2. The second kappa shape index (κ2) is 9.18. The molecule has 2 amide bonds. The summed E-state index contributed by atoms with van der Waals surface area (Å²) in [5, 5.41) is 17.3. The fourth-order valence-corrected chi connectivity index (χ4v) is 2.57. The molecule has 4 N–H and O–H groups in total. The summed E-state index contributed by atoms with van der Waals surface area (Å²) in [6.45, 7) is -0.316. The Morgan fingerprint density at radius 3 is 2.68 bits per heavy atom. The Bertz CT molecular complexity index is 855. The minimum Gasteiger partial charge on any atom is -0.489 e. The van der Waals surface area contributed by atoms with Crippen LogP contribution in [0.3, 0.4) is 0 Å². The zero-order valence-corrected chi connectivity index (χ0v) is 15.2. The van der Waals surface area contributed by atoms with Crippen LogP contribution >= 0.6 is 0 Å². The molecular formula is C20H22FN3O4. The Balaban J connectivity index is 1.61. The molecule has 28 heavy (non-hydrogen) atoms. The summed E-state index contributed by atoms with van der Waals surface area (Å²) in [7, 11) is 0. The summed E-state index contributed by atoms with van der Waals surface area (Å²) in [4.78, 5) is 24.6. The van der Waals surface area contributed by atoms with Gasteiger partial charge in [-0.3, -0.25) is 9.59 Å². The van der Waals surface area contributed by atoms with Crippen LogP contribution in [-0.2, 0) is 4.79 Å². The van der Waals surface area contributed by atoms with Crippen LogP contribution in [0.5, 0.6) is 5.75 Å². The molecule has 2 aromatic rings. The third-order valence-electron chi connectivity index (χ3n) is 4.09. The van der Waals surface area contributed by atoms with E-state index < -0.39 is 5.82 Å². The lowest BCUT2D eigenvalue weighted by molar-refractivity contribution is -0.114. The van der Waals surface area contributed by atoms with Crippen LogP contribution in [0.25, 0.3) is 0 Å². The van der Waals surface area contributed by atoms with E-state index in [9.17, 15) is 14.0 Å². The Kier molecular flexibility index (Phi) is 6.44. The number of benzene rings is 2. The van der Waals surface area contributed by atoms with E-state index in [-0.39, 0.29) is 43.4 Å². The van der Waals surface area contributed by atoms with Gasteiger partial charge in [0.05, 0.1) is 30.1 Å². The first kappa shape index (κ1) is 19.6. The van der Waals surface area contributed by atoms with Crippen molar-refractivity contribution in [2.45, 2.75) is 18.9 Å². The van der Waals surface area contributed by atoms with Crippen molar-refractivity contribution in [2.24, 2.45) is 0 Å². The van der Waals surface area contributed by atoms with Gasteiger partial charge in [0, 0.05) is 12.1 Å². The lowest BCUT2D eigenvalue weighted by Crippen LogP contribution is -2.28. The number of hydrogen-bond acceptors (Lipinski definition) is 5. The molecule has 0 saturated heterocycles. The van der Waals surface area contributed by atoms with E-state index in [0.29, 0.717) is 16.9 Å². The Morgan fingerprint density at radius 2 is 1.93 bits per heavy atom. The van der Waals surface area contributed by atoms with Crippen molar-refractivity contribution >= 4 is 23.2 Å². The number of ether oxygens (including phenoxy) is 1. The number of carbonyl (C=O) groups is 2. The van der Waals surface area contributed by atoms with Gasteiger partial charge in [-0.25, -0.2) is 4.39 Å². The Hall–Kier alpha value is -3.13. The highest BCUT2D eigenvalue weighted by Crippen LogP contribution is 2.25. The van der Waals surface area contributed by atoms with Gasteiger partial charge < -0.3 is 25.8 Å². The van der Waals surface area contributed by atoms with E-state index in [1.54, 1.807) is 24.3 Å². The maximum absolute atomic E-state index is 13.4. The van der Waals surface area contributed by atoms with E-state index in [1.165, 1.54) is 18.2 Å². The number of halogens is 1. The quantitative estimate of drug-likeness (QED) is 0.528. The van der Waals surface area contributed by atoms with Crippen LogP contribution in [0.1, 0.15) is 23.2 Å². The first-order chi connectivity index (χ1) is 13.6. The van der Waals surface area contributed by atoms with Gasteiger partial charge in [0.2, 0.25) is 5.91 Å². The van der Waals surface area contributed by atoms with Crippen LogP contribution in [0.2, 0.25) is 0 Å². The van der Waals surface area contributed by atoms with Crippen LogP contribution in [0.15, 0.2) is 42.5 Å². The summed E-state index contributed by atoms with van der Waals surface area (Å²) in [5.41, 5.74) is 1.24. The lowest BCUT2D eigenvalue weighted by atomic mass is 10.1. The van der Waals surface area contributed by atoms with Crippen LogP contribution < -0.4 is 20.7 Å². The number of rotatable bonds is 9. The van der Waals surface area contributed by atoms with Gasteiger partial charge in [0.1, 0.15) is 18.2 Å². The van der Waals surface area contributed by atoms with Crippen LogP contribution in [-0.4, -0.2) is 42.7 Å². The van der Waals surface area contributed by atoms with E-state index >= 15 is 0 Å². The van der Waals surface area contributed by atoms with E-state index in [2.05, 4.69) is 16.0 Å². The van der Waals surface area contributed by atoms with Gasteiger partial charge in [-0.2, -0.15) is 0 Å². The predicted octanol–water partition coefficient (Wildman–Crippen LogP) is 2.14. The van der Waals surface area contributed by atoms with Gasteiger partial charge >= 0.3 is 0 Å². The van der Waals surface area contributed by atoms with Crippen molar-refractivity contribution < 1.29 is 23.8 Å². The van der Waals surface area contributed by atoms with Crippen molar-refractivity contribution in [3.05, 3.63) is 53.8 Å². The summed E-state index contributed by atoms with van der Waals surface area (Å²) in [5.74, 6) is -0.877. The number of nitrogens with one attached hydrogen (secondary N) is 3. The van der Waals surface area contributed by atoms with Gasteiger partial charge in [-0.05, 0) is 37.1 Å². The van der Waals surface area contributed by atoms with Gasteiger partial charge in [0.25, 0.3) is 5.91 Å². The number of hydrogen-bond donors (Lipinski definition) is 4. The first-order valence-electron chi connectivity index (χ1n) is 9.03. The van der Waals surface area contributed by atoms with Gasteiger partial charge in [-0.15, -0.1) is 0 Å². The standard InChI is InChI=1S/C20H22FN3O4/c21-13-5-8-17(18(11-13)28-10-9-25)22-12-19(26)24-16-4-2-1-3-15(16)20(27)23-14-6-7-14/h1-5,8,11,14,22,25H,6-7,9-10,12H2,(H,23,27)(H,24,26). The van der Waals surface area contributed by atoms with E-state index in [0.717, 1.165) is 12.8 Å². The second-order valence-corrected chi connectivity index (χ2v) is 6.41. The van der Waals surface area contributed by atoms with Gasteiger partial charge in [-0.1, -0.05) is 12.1 Å². The average molecular weight is 387 g/mol. The second-order valence-electron chi connectivity index (χ2n) is 6.41. The molecule has 0 radical (unpaired) electrons. The number of aliphatic hydroxyl groups excluding tert-OH is 1. The van der Waals surface area contributed by atoms with Crippen molar-refractivity contribution in [3.63, 3.8) is 0 Å². The van der Waals surface area contributed by atoms with E-state index in [4.69, 9.17) is 9.84 Å². The monoisotopic (exact) mass is 387 g/mol. The molecule has 0 aliphatic heterocycles. The third kappa shape index (κ3) is 5.43. The molecule has 0 bridgehead atoms. The van der Waals surface area contributed by atoms with Crippen LogP contribution in [0, 0.1) is 5.82 Å². The number of amides is 2. The molecule has 1 saturated carbocycles. The highest BCUT2D eigenvalue weighted by atomic mass is 19.1. The largest absolute Gasteiger partial charge is 0.489 e. The molecule has 0 heterocycles. The Morgan fingerprint density at radius 1 is 1.14 bits per heavy atom. The van der Waals surface area contributed by atoms with Crippen LogP contribution in [0.4, 0.5) is 15.8 Å². The normalized spacial score (nSPS) is 12.9. The van der Waals surface area contributed by atoms with E-state index in [1.807, 2.05) is 0 Å². The van der Waals surface area contributed by atoms with Gasteiger partial charge in [0.15, 0.2) is 0 Å². The molecule has 7 nitrogen and oxygen atoms in total. The van der Waals surface area contributed by atoms with Crippen molar-refractivity contribution in [3.8, 4) is 5.75 Å². The average Bonchev–Trinajstić information content (AvgIpc) is 3.50.